The number of nitrogens with two attached hydrogens (primary N) is 2. The molecule has 0 radical (unpaired) electrons. The largest absolute Gasteiger partial charge is 0.351 e. The number of urea groups is 1. The fourth-order valence-electron chi connectivity index (χ4n) is 0.621. The molecule has 0 aliphatic heterocycles. The molecular weight excluding hydrogens is 190 g/mol. The summed E-state index contributed by atoms with van der Waals surface area (Å²) in [5.74, 6) is 0.307. The van der Waals surface area contributed by atoms with Gasteiger partial charge in [0, 0.05) is 24.0 Å². The maximum Gasteiger partial charge on any atom is 0.318 e. The van der Waals surface area contributed by atoms with Crippen molar-refractivity contribution in [2.24, 2.45) is 11.5 Å². The van der Waals surface area contributed by atoms with Crippen LogP contribution in [0.4, 0.5) is 4.79 Å². The third kappa shape index (κ3) is 7.61. The quantitative estimate of drug-likeness (QED) is 0.571. The molecule has 0 aromatic heterocycles. The van der Waals surface area contributed by atoms with Crippen LogP contribution < -0.4 is 16.8 Å². The summed E-state index contributed by atoms with van der Waals surface area (Å²) in [4.78, 5) is 21.1. The minimum atomic E-state index is -0.804. The lowest BCUT2D eigenvalue weighted by Gasteiger charge is -2.06. The number of thioether (sulfide) groups is 1. The maximum absolute atomic E-state index is 10.9. The molecule has 0 heterocycles. The Morgan fingerprint density at radius 1 is 1.54 bits per heavy atom. The van der Waals surface area contributed by atoms with Gasteiger partial charge in [0.05, 0.1) is 0 Å². The van der Waals surface area contributed by atoms with E-state index in [9.17, 15) is 9.59 Å². The molecule has 0 fully saturated rings. The number of hydrogen-bond donors (Lipinski definition) is 3. The minimum Gasteiger partial charge on any atom is -0.351 e. The Balaban J connectivity index is 3.42. The zero-order chi connectivity index (χ0) is 10.3. The van der Waals surface area contributed by atoms with Gasteiger partial charge < -0.3 is 11.5 Å². The Morgan fingerprint density at radius 3 is 2.62 bits per heavy atom. The summed E-state index contributed by atoms with van der Waals surface area (Å²) in [6.07, 6.45) is 0.290. The maximum atomic E-state index is 10.9. The lowest BCUT2D eigenvalue weighted by molar-refractivity contribution is -0.119. The van der Waals surface area contributed by atoms with Crippen molar-refractivity contribution in [1.29, 1.82) is 0 Å². The highest BCUT2D eigenvalue weighted by Gasteiger charge is 2.05. The number of nitrogens with one attached hydrogen (secondary N) is 1. The van der Waals surface area contributed by atoms with Crippen LogP contribution in [-0.4, -0.2) is 29.5 Å². The molecule has 0 aliphatic carbocycles. The van der Waals surface area contributed by atoms with Crippen molar-refractivity contribution in [2.75, 3.05) is 12.3 Å². The molecule has 0 aromatic rings. The number of hydrogen-bond acceptors (Lipinski definition) is 4. The summed E-state index contributed by atoms with van der Waals surface area (Å²) in [7, 11) is 0. The van der Waals surface area contributed by atoms with Crippen LogP contribution in [0.25, 0.3) is 0 Å². The summed E-state index contributed by atoms with van der Waals surface area (Å²) < 4.78 is 0. The average Bonchev–Trinajstić information content (AvgIpc) is 2.02. The van der Waals surface area contributed by atoms with Crippen molar-refractivity contribution in [1.82, 2.24) is 5.32 Å². The zero-order valence-electron chi connectivity index (χ0n) is 7.58. The zero-order valence-corrected chi connectivity index (χ0v) is 8.39. The van der Waals surface area contributed by atoms with Crippen molar-refractivity contribution in [3.63, 3.8) is 0 Å². The molecule has 76 valence electrons. The van der Waals surface area contributed by atoms with Crippen LogP contribution >= 0.6 is 11.8 Å². The van der Waals surface area contributed by atoms with E-state index in [1.165, 1.54) is 0 Å². The van der Waals surface area contributed by atoms with Crippen LogP contribution in [0.1, 0.15) is 13.3 Å². The fraction of sp³-hybridized carbons (Fsp3) is 0.714. The van der Waals surface area contributed by atoms with Gasteiger partial charge in [0.1, 0.15) is 0 Å². The van der Waals surface area contributed by atoms with E-state index in [1.54, 1.807) is 11.8 Å². The van der Waals surface area contributed by atoms with E-state index in [1.807, 2.05) is 12.2 Å². The predicted octanol–water partition coefficient (Wildman–Crippen LogP) is -0.348. The summed E-state index contributed by atoms with van der Waals surface area (Å²) in [5, 5.41) is 2.32. The van der Waals surface area contributed by atoms with Gasteiger partial charge in [-0.05, 0) is 0 Å². The first-order chi connectivity index (χ1) is 6.06. The van der Waals surface area contributed by atoms with Gasteiger partial charge in [-0.3, -0.25) is 10.1 Å². The monoisotopic (exact) mass is 205 g/mol. The van der Waals surface area contributed by atoms with Gasteiger partial charge in [0.25, 0.3) is 0 Å². The Kier molecular flexibility index (Phi) is 6.34. The highest BCUT2D eigenvalue weighted by Crippen LogP contribution is 2.09. The smallest absolute Gasteiger partial charge is 0.318 e. The average molecular weight is 205 g/mol. The van der Waals surface area contributed by atoms with Crippen LogP contribution in [0.15, 0.2) is 0 Å². The third-order valence-electron chi connectivity index (χ3n) is 1.33. The third-order valence-corrected chi connectivity index (χ3v) is 2.53. The number of imide groups is 1. The Hall–Kier alpha value is -0.750. The van der Waals surface area contributed by atoms with Crippen LogP contribution in [0.2, 0.25) is 0 Å². The summed E-state index contributed by atoms with van der Waals surface area (Å²) in [6.45, 7) is 2.57. The molecule has 5 N–H and O–H groups in total. The minimum absolute atomic E-state index is 0.290. The Labute approximate surface area is 81.6 Å². The molecule has 1 unspecified atom stereocenters. The molecule has 0 rings (SSSR count). The van der Waals surface area contributed by atoms with E-state index in [0.717, 1.165) is 0 Å². The normalized spacial score (nSPS) is 12.2. The standard InChI is InChI=1S/C7H15N3O2S/c1-5(4-8)13-3-2-6(11)10-7(9)12/h5H,2-4,8H2,1H3,(H3,9,10,11,12). The van der Waals surface area contributed by atoms with Crippen molar-refractivity contribution in [3.05, 3.63) is 0 Å². The second-order valence-electron chi connectivity index (χ2n) is 2.58. The Bertz CT molecular complexity index is 187. The van der Waals surface area contributed by atoms with Gasteiger partial charge >= 0.3 is 6.03 Å². The summed E-state index contributed by atoms with van der Waals surface area (Å²) in [5.41, 5.74) is 10.1. The molecule has 0 saturated carbocycles. The molecule has 0 aliphatic rings. The number of carbonyl (C=O) groups excluding carboxylic acids is 2. The van der Waals surface area contributed by atoms with Gasteiger partial charge in [0.15, 0.2) is 0 Å². The van der Waals surface area contributed by atoms with Crippen LogP contribution in [0.5, 0.6) is 0 Å². The van der Waals surface area contributed by atoms with Crippen molar-refractivity contribution in [2.45, 2.75) is 18.6 Å². The molecule has 0 spiro atoms. The van der Waals surface area contributed by atoms with E-state index in [4.69, 9.17) is 11.5 Å². The van der Waals surface area contributed by atoms with Crippen molar-refractivity contribution >= 4 is 23.7 Å². The number of amides is 3. The van der Waals surface area contributed by atoms with Crippen LogP contribution in [-0.2, 0) is 4.79 Å². The van der Waals surface area contributed by atoms with E-state index in [2.05, 4.69) is 0 Å². The second kappa shape index (κ2) is 6.73. The summed E-state index contributed by atoms with van der Waals surface area (Å²) in [6, 6.07) is -0.804. The molecule has 1 atom stereocenters. The topological polar surface area (TPSA) is 98.2 Å². The fourth-order valence-corrected chi connectivity index (χ4v) is 1.46. The second-order valence-corrected chi connectivity index (χ2v) is 4.13. The SMILES string of the molecule is CC(CN)SCCC(=O)NC(N)=O. The van der Waals surface area contributed by atoms with Gasteiger partial charge in [-0.1, -0.05) is 6.92 Å². The van der Waals surface area contributed by atoms with Gasteiger partial charge in [-0.15, -0.1) is 0 Å². The number of carbonyl (C=O) groups is 2. The van der Waals surface area contributed by atoms with Gasteiger partial charge in [-0.2, -0.15) is 11.8 Å². The molecule has 0 bridgehead atoms. The molecule has 5 nitrogen and oxygen atoms in total. The molecule has 3 amide bonds. The predicted molar refractivity (Wildman–Crippen MR) is 53.3 cm³/mol. The number of primary amides is 1. The molecule has 0 saturated heterocycles. The van der Waals surface area contributed by atoms with Crippen LogP contribution in [0, 0.1) is 0 Å². The number of rotatable bonds is 5. The van der Waals surface area contributed by atoms with E-state index in [0.29, 0.717) is 17.5 Å². The van der Waals surface area contributed by atoms with Gasteiger partial charge in [0.2, 0.25) is 5.91 Å². The first-order valence-corrected chi connectivity index (χ1v) is 5.02. The Morgan fingerprint density at radius 2 is 2.15 bits per heavy atom. The lowest BCUT2D eigenvalue weighted by atomic mass is 10.4. The highest BCUT2D eigenvalue weighted by atomic mass is 32.2. The summed E-state index contributed by atoms with van der Waals surface area (Å²) >= 11 is 1.59. The first-order valence-electron chi connectivity index (χ1n) is 3.97. The lowest BCUT2D eigenvalue weighted by Crippen LogP contribution is -2.35. The van der Waals surface area contributed by atoms with E-state index in [-0.39, 0.29) is 12.3 Å². The molecule has 6 heteroatoms. The van der Waals surface area contributed by atoms with Crippen molar-refractivity contribution in [3.8, 4) is 0 Å². The first kappa shape index (κ1) is 12.2. The van der Waals surface area contributed by atoms with E-state index >= 15 is 0 Å². The molecule has 0 aromatic carbocycles. The van der Waals surface area contributed by atoms with Crippen molar-refractivity contribution < 1.29 is 9.59 Å². The molecular formula is C7H15N3O2S. The van der Waals surface area contributed by atoms with Crippen LogP contribution in [0.3, 0.4) is 0 Å². The van der Waals surface area contributed by atoms with Gasteiger partial charge in [-0.25, -0.2) is 4.79 Å². The molecule has 13 heavy (non-hydrogen) atoms. The van der Waals surface area contributed by atoms with E-state index < -0.39 is 6.03 Å². The highest BCUT2D eigenvalue weighted by molar-refractivity contribution is 7.99.